The second-order valence-electron chi connectivity index (χ2n) is 4.95. The van der Waals surface area contributed by atoms with Crippen molar-refractivity contribution in [3.8, 4) is 0 Å². The summed E-state index contributed by atoms with van der Waals surface area (Å²) in [4.78, 5) is 17.9. The van der Waals surface area contributed by atoms with Gasteiger partial charge in [-0.25, -0.2) is 4.98 Å². The quantitative estimate of drug-likeness (QED) is 0.831. The lowest BCUT2D eigenvalue weighted by Crippen LogP contribution is -2.27. The molecule has 1 aromatic carbocycles. The minimum atomic E-state index is -0.308. The number of nitrogens with one attached hydrogen (secondary N) is 1. The lowest BCUT2D eigenvalue weighted by atomic mass is 9.99. The number of anilines is 1. The van der Waals surface area contributed by atoms with Crippen LogP contribution >= 0.6 is 46.9 Å². The molecular formula is C14H14Cl3N3OS. The lowest BCUT2D eigenvalue weighted by Gasteiger charge is -2.15. The molecule has 8 heteroatoms. The number of hydrogen-bond acceptors (Lipinski definition) is 4. The molecule has 3 rings (SSSR count). The zero-order valence-electron chi connectivity index (χ0n) is 11.4. The van der Waals surface area contributed by atoms with E-state index >= 15 is 0 Å². The van der Waals surface area contributed by atoms with Crippen molar-refractivity contribution in [1.82, 2.24) is 4.98 Å². The van der Waals surface area contributed by atoms with E-state index in [1.807, 2.05) is 0 Å². The maximum absolute atomic E-state index is 12.3. The summed E-state index contributed by atoms with van der Waals surface area (Å²) < 4.78 is 0. The van der Waals surface area contributed by atoms with Crippen LogP contribution < -0.4 is 11.1 Å². The van der Waals surface area contributed by atoms with Gasteiger partial charge < -0.3 is 5.73 Å². The Kier molecular flexibility index (Phi) is 5.69. The smallest absolute Gasteiger partial charge is 0.259 e. The molecule has 1 aromatic heterocycles. The molecule has 0 bridgehead atoms. The van der Waals surface area contributed by atoms with Crippen LogP contribution in [0.2, 0.25) is 10.0 Å². The Morgan fingerprint density at radius 3 is 2.95 bits per heavy atom. The molecule has 0 aliphatic heterocycles. The predicted molar refractivity (Wildman–Crippen MR) is 93.8 cm³/mol. The first-order chi connectivity index (χ1) is 10.0. The van der Waals surface area contributed by atoms with Crippen LogP contribution in [-0.2, 0) is 12.8 Å². The third-order valence-electron chi connectivity index (χ3n) is 3.39. The molecule has 3 N–H and O–H groups in total. The molecular weight excluding hydrogens is 365 g/mol. The molecule has 22 heavy (non-hydrogen) atoms. The van der Waals surface area contributed by atoms with Gasteiger partial charge in [0.15, 0.2) is 5.13 Å². The van der Waals surface area contributed by atoms with Crippen molar-refractivity contribution in [3.63, 3.8) is 0 Å². The Labute approximate surface area is 148 Å². The van der Waals surface area contributed by atoms with Gasteiger partial charge in [-0.2, -0.15) is 0 Å². The maximum atomic E-state index is 12.3. The Balaban J connectivity index is 0.00000176. The summed E-state index contributed by atoms with van der Waals surface area (Å²) in [7, 11) is 0. The zero-order valence-corrected chi connectivity index (χ0v) is 14.6. The summed E-state index contributed by atoms with van der Waals surface area (Å²) in [5.74, 6) is -0.308. The zero-order chi connectivity index (χ0) is 15.0. The Hall–Kier alpha value is -0.850. The van der Waals surface area contributed by atoms with Crippen molar-refractivity contribution in [2.75, 3.05) is 5.32 Å². The fourth-order valence-electron chi connectivity index (χ4n) is 2.30. The number of aromatic nitrogens is 1. The highest BCUT2D eigenvalue weighted by molar-refractivity contribution is 7.15. The number of amides is 1. The third-order valence-corrected chi connectivity index (χ3v) is 5.25. The monoisotopic (exact) mass is 377 g/mol. The molecule has 1 atom stereocenters. The number of rotatable bonds is 2. The number of carbonyl (C=O) groups is 1. The highest BCUT2D eigenvalue weighted by Crippen LogP contribution is 2.31. The van der Waals surface area contributed by atoms with Crippen molar-refractivity contribution >= 4 is 58.0 Å². The fraction of sp³-hybridized carbons (Fsp3) is 0.286. The van der Waals surface area contributed by atoms with E-state index in [0.29, 0.717) is 15.7 Å². The van der Waals surface area contributed by atoms with E-state index in [9.17, 15) is 4.79 Å². The Bertz CT molecular complexity index is 705. The van der Waals surface area contributed by atoms with E-state index in [0.717, 1.165) is 29.8 Å². The first-order valence-electron chi connectivity index (χ1n) is 6.54. The molecule has 1 amide bonds. The number of benzene rings is 1. The van der Waals surface area contributed by atoms with Crippen LogP contribution in [0.1, 0.15) is 27.3 Å². The number of nitrogens with two attached hydrogens (primary N) is 1. The topological polar surface area (TPSA) is 68.0 Å². The van der Waals surface area contributed by atoms with Crippen molar-refractivity contribution in [1.29, 1.82) is 0 Å². The largest absolute Gasteiger partial charge is 0.327 e. The number of fused-ring (bicyclic) bond motifs is 1. The van der Waals surface area contributed by atoms with Gasteiger partial charge in [-0.1, -0.05) is 29.3 Å². The summed E-state index contributed by atoms with van der Waals surface area (Å²) in [5, 5.41) is 3.97. The highest BCUT2D eigenvalue weighted by Gasteiger charge is 2.21. The second kappa shape index (κ2) is 7.15. The van der Waals surface area contributed by atoms with Crippen LogP contribution in [0, 0.1) is 0 Å². The van der Waals surface area contributed by atoms with Gasteiger partial charge in [0.1, 0.15) is 0 Å². The molecule has 2 aromatic rings. The van der Waals surface area contributed by atoms with Gasteiger partial charge in [0, 0.05) is 10.9 Å². The van der Waals surface area contributed by atoms with Crippen LogP contribution in [0.3, 0.4) is 0 Å². The third kappa shape index (κ3) is 3.55. The van der Waals surface area contributed by atoms with Crippen LogP contribution in [0.4, 0.5) is 5.13 Å². The van der Waals surface area contributed by atoms with Crippen molar-refractivity contribution in [2.45, 2.75) is 25.3 Å². The average molecular weight is 379 g/mol. The van der Waals surface area contributed by atoms with Crippen LogP contribution in [0.5, 0.6) is 0 Å². The standard InChI is InChI=1S/C14H13Cl2N3OS.ClH/c15-9-3-1-2-8(12(9)16)13(20)19-14-18-10-5-4-7(17)6-11(10)21-14;/h1-3,7H,4-6,17H2,(H,18,19,20);1H/t7-;/m0./s1. The minimum absolute atomic E-state index is 0. The normalized spacial score (nSPS) is 16.6. The van der Waals surface area contributed by atoms with Gasteiger partial charge in [-0.3, -0.25) is 10.1 Å². The van der Waals surface area contributed by atoms with Gasteiger partial charge >= 0.3 is 0 Å². The molecule has 0 saturated carbocycles. The first kappa shape index (κ1) is 17.5. The fourth-order valence-corrected chi connectivity index (χ4v) is 3.78. The molecule has 1 heterocycles. The summed E-state index contributed by atoms with van der Waals surface area (Å²) >= 11 is 13.4. The molecule has 118 valence electrons. The van der Waals surface area contributed by atoms with Crippen molar-refractivity contribution in [2.24, 2.45) is 5.73 Å². The van der Waals surface area contributed by atoms with E-state index in [1.54, 1.807) is 18.2 Å². The molecule has 1 aliphatic carbocycles. The molecule has 0 spiro atoms. The maximum Gasteiger partial charge on any atom is 0.259 e. The highest BCUT2D eigenvalue weighted by atomic mass is 35.5. The number of hydrogen-bond donors (Lipinski definition) is 2. The number of halogens is 3. The van der Waals surface area contributed by atoms with E-state index in [1.165, 1.54) is 11.3 Å². The lowest BCUT2D eigenvalue weighted by molar-refractivity contribution is 0.102. The van der Waals surface area contributed by atoms with E-state index in [-0.39, 0.29) is 29.4 Å². The second-order valence-corrected chi connectivity index (χ2v) is 6.82. The summed E-state index contributed by atoms with van der Waals surface area (Å²) in [6.45, 7) is 0. The van der Waals surface area contributed by atoms with Gasteiger partial charge in [0.2, 0.25) is 0 Å². The molecule has 4 nitrogen and oxygen atoms in total. The number of carbonyl (C=O) groups excluding carboxylic acids is 1. The SMILES string of the molecule is Cl.N[C@H]1CCc2nc(NC(=O)c3cccc(Cl)c3Cl)sc2C1. The molecule has 1 aliphatic rings. The predicted octanol–water partition coefficient (Wildman–Crippen LogP) is 3.94. The van der Waals surface area contributed by atoms with E-state index < -0.39 is 0 Å². The van der Waals surface area contributed by atoms with Crippen molar-refractivity contribution in [3.05, 3.63) is 44.4 Å². The van der Waals surface area contributed by atoms with Gasteiger partial charge in [-0.15, -0.1) is 23.7 Å². The number of aryl methyl sites for hydroxylation is 1. The van der Waals surface area contributed by atoms with Crippen LogP contribution in [0.25, 0.3) is 0 Å². The molecule has 0 radical (unpaired) electrons. The number of thiazole rings is 1. The van der Waals surface area contributed by atoms with Crippen LogP contribution in [0.15, 0.2) is 18.2 Å². The first-order valence-corrected chi connectivity index (χ1v) is 8.11. The minimum Gasteiger partial charge on any atom is -0.327 e. The number of nitrogens with zero attached hydrogens (tertiary/aromatic N) is 1. The summed E-state index contributed by atoms with van der Waals surface area (Å²) in [6, 6.07) is 5.15. The van der Waals surface area contributed by atoms with Gasteiger partial charge in [0.05, 0.1) is 21.3 Å². The summed E-state index contributed by atoms with van der Waals surface area (Å²) in [5.41, 5.74) is 7.33. The van der Waals surface area contributed by atoms with Crippen molar-refractivity contribution < 1.29 is 4.79 Å². The molecule has 0 unspecified atom stereocenters. The molecule has 0 saturated heterocycles. The van der Waals surface area contributed by atoms with Gasteiger partial charge in [-0.05, 0) is 31.4 Å². The Morgan fingerprint density at radius 1 is 1.41 bits per heavy atom. The average Bonchev–Trinajstić information content (AvgIpc) is 2.83. The molecule has 0 fully saturated rings. The van der Waals surface area contributed by atoms with Crippen LogP contribution in [-0.4, -0.2) is 16.9 Å². The van der Waals surface area contributed by atoms with Gasteiger partial charge in [0.25, 0.3) is 5.91 Å². The summed E-state index contributed by atoms with van der Waals surface area (Å²) in [6.07, 6.45) is 2.62. The van der Waals surface area contributed by atoms with E-state index in [4.69, 9.17) is 28.9 Å². The van der Waals surface area contributed by atoms with E-state index in [2.05, 4.69) is 10.3 Å². The Morgan fingerprint density at radius 2 is 2.18 bits per heavy atom.